The number of nitrogens with zero attached hydrogens (tertiary/aromatic N) is 1. The largest absolute Gasteiger partial charge is 0.294 e. The summed E-state index contributed by atoms with van der Waals surface area (Å²) in [6.45, 7) is 1.56. The lowest BCUT2D eigenvalue weighted by Gasteiger charge is -2.05. The molecule has 0 fully saturated rings. The number of ketones is 1. The van der Waals surface area contributed by atoms with Crippen LogP contribution in [0.2, 0.25) is 0 Å². The summed E-state index contributed by atoms with van der Waals surface area (Å²) in [6, 6.07) is 8.84. The van der Waals surface area contributed by atoms with Gasteiger partial charge in [0.1, 0.15) is 0 Å². The van der Waals surface area contributed by atoms with Crippen LogP contribution in [-0.4, -0.2) is 17.3 Å². The summed E-state index contributed by atoms with van der Waals surface area (Å²) in [4.78, 5) is 21.4. The van der Waals surface area contributed by atoms with Crippen molar-refractivity contribution in [2.45, 2.75) is 13.3 Å². The zero-order valence-electron chi connectivity index (χ0n) is 8.55. The maximum Gasteiger partial charge on any atom is 0.206 e. The number of carbonyl (C=O) groups excluding carboxylic acids is 1. The average Bonchev–Trinajstić information content (AvgIpc) is 2.17. The number of Topliss-reactive ketones (excluding diaryl/α,β-unsaturated/α-hetero) is 1. The molecule has 4 nitrogen and oxygen atoms in total. The second-order valence-electron chi connectivity index (χ2n) is 3.61. The molecule has 1 atom stereocenters. The Morgan fingerprint density at radius 1 is 1.40 bits per heavy atom. The SMILES string of the molecule is C[C@@H](CC(=O)c1ccccc1)C[N+](=O)[O-]. The van der Waals surface area contributed by atoms with Crippen molar-refractivity contribution in [2.75, 3.05) is 6.54 Å². The Bertz CT molecular complexity index is 348. The van der Waals surface area contributed by atoms with E-state index in [1.807, 2.05) is 6.07 Å². The average molecular weight is 207 g/mol. The lowest BCUT2D eigenvalue weighted by Crippen LogP contribution is -2.15. The summed E-state index contributed by atoms with van der Waals surface area (Å²) in [7, 11) is 0. The van der Waals surface area contributed by atoms with Crippen molar-refractivity contribution in [3.05, 3.63) is 46.0 Å². The molecule has 0 saturated heterocycles. The highest BCUT2D eigenvalue weighted by Gasteiger charge is 2.15. The zero-order chi connectivity index (χ0) is 11.3. The van der Waals surface area contributed by atoms with Gasteiger partial charge in [0.2, 0.25) is 6.54 Å². The van der Waals surface area contributed by atoms with Gasteiger partial charge in [0.15, 0.2) is 5.78 Å². The fourth-order valence-corrected chi connectivity index (χ4v) is 1.38. The van der Waals surface area contributed by atoms with Crippen LogP contribution in [-0.2, 0) is 0 Å². The molecule has 0 spiro atoms. The molecule has 0 aliphatic carbocycles. The van der Waals surface area contributed by atoms with Crippen molar-refractivity contribution in [3.63, 3.8) is 0 Å². The molecule has 0 bridgehead atoms. The van der Waals surface area contributed by atoms with Gasteiger partial charge in [-0.3, -0.25) is 14.9 Å². The van der Waals surface area contributed by atoms with E-state index in [1.54, 1.807) is 31.2 Å². The summed E-state index contributed by atoms with van der Waals surface area (Å²) < 4.78 is 0. The first-order valence-electron chi connectivity index (χ1n) is 4.79. The van der Waals surface area contributed by atoms with E-state index in [0.29, 0.717) is 5.56 Å². The second kappa shape index (κ2) is 5.24. The molecule has 0 radical (unpaired) electrons. The molecule has 0 heterocycles. The molecule has 4 heteroatoms. The maximum atomic E-state index is 11.6. The number of carbonyl (C=O) groups is 1. The highest BCUT2D eigenvalue weighted by atomic mass is 16.6. The highest BCUT2D eigenvalue weighted by molar-refractivity contribution is 5.96. The Morgan fingerprint density at radius 2 is 2.00 bits per heavy atom. The molecule has 0 unspecified atom stereocenters. The molecule has 1 aromatic rings. The number of nitro groups is 1. The molecule has 0 N–H and O–H groups in total. The van der Waals surface area contributed by atoms with Crippen LogP contribution in [0.1, 0.15) is 23.7 Å². The molecule has 0 amide bonds. The van der Waals surface area contributed by atoms with Crippen LogP contribution in [0.4, 0.5) is 0 Å². The molecule has 0 aliphatic heterocycles. The molecule has 0 aromatic heterocycles. The number of benzene rings is 1. The molecule has 1 aromatic carbocycles. The second-order valence-corrected chi connectivity index (χ2v) is 3.61. The van der Waals surface area contributed by atoms with Gasteiger partial charge in [0.05, 0.1) is 0 Å². The minimum Gasteiger partial charge on any atom is -0.294 e. The van der Waals surface area contributed by atoms with Crippen LogP contribution in [0, 0.1) is 16.0 Å². The number of hydrogen-bond acceptors (Lipinski definition) is 3. The topological polar surface area (TPSA) is 60.2 Å². The van der Waals surface area contributed by atoms with Crippen molar-refractivity contribution in [1.82, 2.24) is 0 Å². The predicted octanol–water partition coefficient (Wildman–Crippen LogP) is 2.17. The molecule has 80 valence electrons. The molecule has 0 saturated carbocycles. The van der Waals surface area contributed by atoms with Crippen molar-refractivity contribution < 1.29 is 9.72 Å². The van der Waals surface area contributed by atoms with Gasteiger partial charge in [-0.15, -0.1) is 0 Å². The monoisotopic (exact) mass is 207 g/mol. The third-order valence-electron chi connectivity index (χ3n) is 2.09. The summed E-state index contributed by atoms with van der Waals surface area (Å²) in [5.74, 6) is -0.252. The van der Waals surface area contributed by atoms with Gasteiger partial charge in [-0.2, -0.15) is 0 Å². The first kappa shape index (κ1) is 11.4. The minimum atomic E-state index is -0.386. The van der Waals surface area contributed by atoms with Crippen LogP contribution in [0.25, 0.3) is 0 Å². The van der Waals surface area contributed by atoms with Crippen molar-refractivity contribution >= 4 is 5.78 Å². The van der Waals surface area contributed by atoms with Gasteiger partial charge in [0.25, 0.3) is 0 Å². The minimum absolute atomic E-state index is 0.0371. The summed E-state index contributed by atoms with van der Waals surface area (Å²) >= 11 is 0. The maximum absolute atomic E-state index is 11.6. The normalized spacial score (nSPS) is 12.1. The van der Waals surface area contributed by atoms with E-state index < -0.39 is 0 Å². The molecular formula is C11H13NO3. The van der Waals surface area contributed by atoms with Crippen molar-refractivity contribution in [1.29, 1.82) is 0 Å². The Hall–Kier alpha value is -1.71. The Labute approximate surface area is 88.1 Å². The number of rotatable bonds is 5. The summed E-state index contributed by atoms with van der Waals surface area (Å²) in [6.07, 6.45) is 0.227. The predicted molar refractivity (Wildman–Crippen MR) is 56.4 cm³/mol. The van der Waals surface area contributed by atoms with E-state index in [4.69, 9.17) is 0 Å². The Balaban J connectivity index is 2.53. The van der Waals surface area contributed by atoms with E-state index in [9.17, 15) is 14.9 Å². The molecular weight excluding hydrogens is 194 g/mol. The van der Waals surface area contributed by atoms with Crippen LogP contribution >= 0.6 is 0 Å². The zero-order valence-corrected chi connectivity index (χ0v) is 8.55. The molecule has 0 aliphatic rings. The summed E-state index contributed by atoms with van der Waals surface area (Å²) in [5.41, 5.74) is 0.618. The molecule has 1 rings (SSSR count). The lowest BCUT2D eigenvalue weighted by molar-refractivity contribution is -0.487. The fourth-order valence-electron chi connectivity index (χ4n) is 1.38. The van der Waals surface area contributed by atoms with Gasteiger partial charge in [-0.1, -0.05) is 37.3 Å². The number of hydrogen-bond donors (Lipinski definition) is 0. The van der Waals surface area contributed by atoms with Crippen LogP contribution in [0.3, 0.4) is 0 Å². The van der Waals surface area contributed by atoms with E-state index in [2.05, 4.69) is 0 Å². The van der Waals surface area contributed by atoms with E-state index in [0.717, 1.165) is 0 Å². The van der Waals surface area contributed by atoms with Crippen LogP contribution < -0.4 is 0 Å². The fraction of sp³-hybridized carbons (Fsp3) is 0.364. The van der Waals surface area contributed by atoms with Crippen LogP contribution in [0.15, 0.2) is 30.3 Å². The third-order valence-corrected chi connectivity index (χ3v) is 2.09. The van der Waals surface area contributed by atoms with Crippen molar-refractivity contribution in [3.8, 4) is 0 Å². The van der Waals surface area contributed by atoms with Crippen LogP contribution in [0.5, 0.6) is 0 Å². The van der Waals surface area contributed by atoms with E-state index in [1.165, 1.54) is 0 Å². The third kappa shape index (κ3) is 3.89. The van der Waals surface area contributed by atoms with Gasteiger partial charge >= 0.3 is 0 Å². The van der Waals surface area contributed by atoms with Gasteiger partial charge < -0.3 is 0 Å². The Morgan fingerprint density at radius 3 is 2.53 bits per heavy atom. The first-order valence-corrected chi connectivity index (χ1v) is 4.79. The van der Waals surface area contributed by atoms with Gasteiger partial charge in [0, 0.05) is 22.8 Å². The van der Waals surface area contributed by atoms with E-state index in [-0.39, 0.29) is 29.6 Å². The summed E-state index contributed by atoms with van der Waals surface area (Å²) in [5, 5.41) is 10.2. The Kier molecular flexibility index (Phi) is 3.97. The first-order chi connectivity index (χ1) is 7.09. The lowest BCUT2D eigenvalue weighted by atomic mass is 10.00. The van der Waals surface area contributed by atoms with E-state index >= 15 is 0 Å². The van der Waals surface area contributed by atoms with Gasteiger partial charge in [-0.05, 0) is 0 Å². The van der Waals surface area contributed by atoms with Crippen molar-refractivity contribution in [2.24, 2.45) is 5.92 Å². The molecule has 15 heavy (non-hydrogen) atoms. The quantitative estimate of drug-likeness (QED) is 0.422. The smallest absolute Gasteiger partial charge is 0.206 e. The standard InChI is InChI=1S/C11H13NO3/c1-9(8-12(14)15)7-11(13)10-5-3-2-4-6-10/h2-6,9H,7-8H2,1H3/t9-/m0/s1. The van der Waals surface area contributed by atoms with Gasteiger partial charge in [-0.25, -0.2) is 0 Å². The highest BCUT2D eigenvalue weighted by Crippen LogP contribution is 2.09.